The third kappa shape index (κ3) is 1.22. The van der Waals surface area contributed by atoms with Crippen molar-refractivity contribution in [1.82, 2.24) is 0 Å². The second-order valence-electron chi connectivity index (χ2n) is 3.98. The van der Waals surface area contributed by atoms with Crippen LogP contribution in [0.5, 0.6) is 0 Å². The Morgan fingerprint density at radius 2 is 2.27 bits per heavy atom. The van der Waals surface area contributed by atoms with Crippen LogP contribution in [0.1, 0.15) is 25.7 Å². The molecule has 62 valence electrons. The Kier molecular flexibility index (Phi) is 1.76. The summed E-state index contributed by atoms with van der Waals surface area (Å²) in [4.78, 5) is 0. The van der Waals surface area contributed by atoms with E-state index in [1.54, 1.807) is 6.08 Å². The van der Waals surface area contributed by atoms with E-state index in [1.165, 1.54) is 25.7 Å². The molecule has 2 aliphatic carbocycles. The molecule has 0 heterocycles. The molecule has 2 aliphatic rings. The molecule has 0 aromatic heterocycles. The quantitative estimate of drug-likeness (QED) is 0.600. The van der Waals surface area contributed by atoms with E-state index in [4.69, 9.17) is 0 Å². The zero-order valence-electron chi connectivity index (χ0n) is 6.87. The van der Waals surface area contributed by atoms with Crippen LogP contribution in [-0.2, 0) is 0 Å². The van der Waals surface area contributed by atoms with Crippen molar-refractivity contribution in [2.45, 2.75) is 31.8 Å². The average molecular weight is 152 g/mol. The van der Waals surface area contributed by atoms with Crippen molar-refractivity contribution in [2.24, 2.45) is 17.8 Å². The van der Waals surface area contributed by atoms with Gasteiger partial charge in [0.05, 0.1) is 6.10 Å². The first kappa shape index (κ1) is 7.35. The highest BCUT2D eigenvalue weighted by atomic mass is 16.3. The van der Waals surface area contributed by atoms with Gasteiger partial charge in [-0.1, -0.05) is 18.9 Å². The van der Waals surface area contributed by atoms with Crippen LogP contribution in [0.4, 0.5) is 0 Å². The van der Waals surface area contributed by atoms with Crippen LogP contribution in [0.2, 0.25) is 0 Å². The van der Waals surface area contributed by atoms with Gasteiger partial charge in [0.15, 0.2) is 0 Å². The number of aliphatic hydroxyl groups is 1. The fourth-order valence-corrected chi connectivity index (χ4v) is 2.56. The maximum Gasteiger partial charge on any atom is 0.0749 e. The van der Waals surface area contributed by atoms with Crippen LogP contribution in [0.15, 0.2) is 12.7 Å². The molecule has 2 fully saturated rings. The first-order valence-electron chi connectivity index (χ1n) is 4.63. The molecule has 1 nitrogen and oxygen atoms in total. The normalized spacial score (nSPS) is 44.3. The van der Waals surface area contributed by atoms with E-state index in [0.29, 0.717) is 5.92 Å². The predicted molar refractivity (Wildman–Crippen MR) is 45.1 cm³/mol. The van der Waals surface area contributed by atoms with Crippen LogP contribution in [0, 0.1) is 17.8 Å². The summed E-state index contributed by atoms with van der Waals surface area (Å²) in [5, 5.41) is 9.56. The van der Waals surface area contributed by atoms with Crippen molar-refractivity contribution in [2.75, 3.05) is 0 Å². The lowest BCUT2D eigenvalue weighted by molar-refractivity contribution is 0.116. The lowest BCUT2D eigenvalue weighted by Gasteiger charge is -2.24. The number of rotatable bonds is 2. The van der Waals surface area contributed by atoms with Crippen LogP contribution in [-0.4, -0.2) is 11.2 Å². The molecular formula is C10H16O. The maximum atomic E-state index is 9.56. The molecule has 0 radical (unpaired) electrons. The minimum atomic E-state index is -0.231. The van der Waals surface area contributed by atoms with Gasteiger partial charge in [0.2, 0.25) is 0 Å². The van der Waals surface area contributed by atoms with E-state index in [0.717, 1.165) is 11.8 Å². The van der Waals surface area contributed by atoms with Crippen LogP contribution in [0.3, 0.4) is 0 Å². The van der Waals surface area contributed by atoms with E-state index < -0.39 is 0 Å². The molecule has 2 rings (SSSR count). The van der Waals surface area contributed by atoms with E-state index in [1.807, 2.05) is 0 Å². The predicted octanol–water partition coefficient (Wildman–Crippen LogP) is 1.97. The van der Waals surface area contributed by atoms with Crippen molar-refractivity contribution in [3.63, 3.8) is 0 Å². The first-order valence-corrected chi connectivity index (χ1v) is 4.63. The van der Waals surface area contributed by atoms with E-state index in [9.17, 15) is 5.11 Å². The first-order chi connectivity index (χ1) is 5.33. The highest BCUT2D eigenvalue weighted by Crippen LogP contribution is 2.53. The fraction of sp³-hybridized carbons (Fsp3) is 0.800. The SMILES string of the molecule is C=CC(O)C1CCCC2CC21. The fourth-order valence-electron chi connectivity index (χ4n) is 2.56. The maximum absolute atomic E-state index is 9.56. The van der Waals surface area contributed by atoms with Gasteiger partial charge in [-0.3, -0.25) is 0 Å². The Bertz CT molecular complexity index is 164. The van der Waals surface area contributed by atoms with Gasteiger partial charge in [-0.2, -0.15) is 0 Å². The lowest BCUT2D eigenvalue weighted by Crippen LogP contribution is -2.23. The van der Waals surface area contributed by atoms with Gasteiger partial charge in [0, 0.05) is 0 Å². The molecule has 0 aromatic carbocycles. The van der Waals surface area contributed by atoms with Gasteiger partial charge in [-0.15, -0.1) is 6.58 Å². The zero-order valence-corrected chi connectivity index (χ0v) is 6.87. The smallest absolute Gasteiger partial charge is 0.0749 e. The van der Waals surface area contributed by atoms with E-state index in [2.05, 4.69) is 6.58 Å². The largest absolute Gasteiger partial charge is 0.389 e. The molecule has 1 heteroatoms. The molecule has 4 unspecified atom stereocenters. The average Bonchev–Trinajstić information content (AvgIpc) is 2.80. The Morgan fingerprint density at radius 3 is 3.00 bits per heavy atom. The summed E-state index contributed by atoms with van der Waals surface area (Å²) in [6, 6.07) is 0. The van der Waals surface area contributed by atoms with E-state index in [-0.39, 0.29) is 6.10 Å². The topological polar surface area (TPSA) is 20.2 Å². The van der Waals surface area contributed by atoms with Crippen LogP contribution < -0.4 is 0 Å². The van der Waals surface area contributed by atoms with E-state index >= 15 is 0 Å². The summed E-state index contributed by atoms with van der Waals surface area (Å²) in [7, 11) is 0. The van der Waals surface area contributed by atoms with Gasteiger partial charge in [-0.05, 0) is 30.6 Å². The second-order valence-corrected chi connectivity index (χ2v) is 3.98. The third-order valence-corrected chi connectivity index (χ3v) is 3.32. The summed E-state index contributed by atoms with van der Waals surface area (Å²) in [6.45, 7) is 3.64. The van der Waals surface area contributed by atoms with Gasteiger partial charge in [0.25, 0.3) is 0 Å². The third-order valence-electron chi connectivity index (χ3n) is 3.32. The minimum Gasteiger partial charge on any atom is -0.389 e. The molecule has 0 bridgehead atoms. The summed E-state index contributed by atoms with van der Waals surface area (Å²) in [5.74, 6) is 2.35. The Labute approximate surface area is 68.1 Å². The molecule has 4 atom stereocenters. The van der Waals surface area contributed by atoms with Crippen molar-refractivity contribution in [1.29, 1.82) is 0 Å². The summed E-state index contributed by atoms with van der Waals surface area (Å²) in [6.07, 6.45) is 6.78. The second kappa shape index (κ2) is 2.63. The monoisotopic (exact) mass is 152 g/mol. The van der Waals surface area contributed by atoms with Gasteiger partial charge in [-0.25, -0.2) is 0 Å². The van der Waals surface area contributed by atoms with Crippen molar-refractivity contribution >= 4 is 0 Å². The molecule has 2 saturated carbocycles. The molecule has 0 aromatic rings. The highest BCUT2D eigenvalue weighted by molar-refractivity contribution is 5.00. The molecule has 11 heavy (non-hydrogen) atoms. The lowest BCUT2D eigenvalue weighted by atomic mass is 9.85. The number of fused-ring (bicyclic) bond motifs is 1. The molecule has 0 saturated heterocycles. The molecular weight excluding hydrogens is 136 g/mol. The van der Waals surface area contributed by atoms with Gasteiger partial charge >= 0.3 is 0 Å². The van der Waals surface area contributed by atoms with Gasteiger partial charge in [0.1, 0.15) is 0 Å². The summed E-state index contributed by atoms with van der Waals surface area (Å²) < 4.78 is 0. The van der Waals surface area contributed by atoms with Crippen LogP contribution in [0.25, 0.3) is 0 Å². The summed E-state index contributed by atoms with van der Waals surface area (Å²) in [5.41, 5.74) is 0. The van der Waals surface area contributed by atoms with Crippen molar-refractivity contribution in [3.8, 4) is 0 Å². The van der Waals surface area contributed by atoms with Crippen molar-refractivity contribution < 1.29 is 5.11 Å². The zero-order chi connectivity index (χ0) is 7.84. The number of aliphatic hydroxyl groups excluding tert-OH is 1. The number of hydrogen-bond donors (Lipinski definition) is 1. The van der Waals surface area contributed by atoms with Gasteiger partial charge < -0.3 is 5.11 Å². The molecule has 1 N–H and O–H groups in total. The Hall–Kier alpha value is -0.300. The summed E-state index contributed by atoms with van der Waals surface area (Å²) >= 11 is 0. The Morgan fingerprint density at radius 1 is 1.45 bits per heavy atom. The van der Waals surface area contributed by atoms with Crippen LogP contribution >= 0.6 is 0 Å². The Balaban J connectivity index is 1.97. The standard InChI is InChI=1S/C10H16O/c1-2-10(11)8-5-3-4-7-6-9(7)8/h2,7-11H,1,3-6H2. The highest BCUT2D eigenvalue weighted by Gasteiger charge is 2.46. The van der Waals surface area contributed by atoms with Crippen molar-refractivity contribution in [3.05, 3.63) is 12.7 Å². The number of hydrogen-bond acceptors (Lipinski definition) is 1. The molecule has 0 amide bonds. The minimum absolute atomic E-state index is 0.231. The molecule has 0 aliphatic heterocycles. The molecule has 0 spiro atoms.